The molecule has 1 rings (SSSR count). The van der Waals surface area contributed by atoms with Gasteiger partial charge >= 0.3 is 16.3 Å². The number of alkyl halides is 3. The second-order valence-corrected chi connectivity index (χ2v) is 3.70. The summed E-state index contributed by atoms with van der Waals surface area (Å²) in [6, 6.07) is 2.22. The van der Waals surface area contributed by atoms with Gasteiger partial charge in [-0.15, -0.1) is 0 Å². The minimum Gasteiger partial charge on any atom is -0.281 e. The van der Waals surface area contributed by atoms with Crippen molar-refractivity contribution < 1.29 is 26.1 Å². The molecule has 0 saturated heterocycles. The zero-order valence-corrected chi connectivity index (χ0v) is 7.30. The van der Waals surface area contributed by atoms with Gasteiger partial charge < -0.3 is 0 Å². The average molecular weight is 227 g/mol. The molecule has 0 aliphatic rings. The van der Waals surface area contributed by atoms with Crippen LogP contribution >= 0.6 is 0 Å². The van der Waals surface area contributed by atoms with Crippen LogP contribution in [-0.4, -0.2) is 18.0 Å². The van der Waals surface area contributed by atoms with Gasteiger partial charge in [-0.3, -0.25) is 4.55 Å². The van der Waals surface area contributed by atoms with Crippen LogP contribution in [0, 0.1) is 0 Å². The topological polar surface area (TPSA) is 67.3 Å². The maximum Gasteiger partial charge on any atom is 0.433 e. The van der Waals surface area contributed by atoms with Crippen LogP contribution in [0.3, 0.4) is 0 Å². The lowest BCUT2D eigenvalue weighted by Gasteiger charge is -2.05. The molecule has 14 heavy (non-hydrogen) atoms. The average Bonchev–Trinajstić information content (AvgIpc) is 2.01. The van der Waals surface area contributed by atoms with Gasteiger partial charge in [0.25, 0.3) is 0 Å². The molecule has 0 bridgehead atoms. The Hall–Kier alpha value is -1.15. The van der Waals surface area contributed by atoms with Crippen molar-refractivity contribution in [2.45, 2.75) is 11.2 Å². The lowest BCUT2D eigenvalue weighted by Crippen LogP contribution is -2.11. The van der Waals surface area contributed by atoms with Gasteiger partial charge in [-0.2, -0.15) is 21.6 Å². The molecular formula is C6H4F3NO3S. The Labute approximate surface area is 77.1 Å². The molecule has 0 spiro atoms. The minimum absolute atomic E-state index is 0.606. The molecule has 0 amide bonds. The molecule has 4 nitrogen and oxygen atoms in total. The standard InChI is InChI=1S/C6H4F3NO3S/c7-6(8,9)4-2-1-3-5(10-4)14(11,12)13/h1-3H,(H,11,12,13). The Bertz CT molecular complexity index is 440. The summed E-state index contributed by atoms with van der Waals surface area (Å²) in [7, 11) is -4.70. The molecule has 0 unspecified atom stereocenters. The van der Waals surface area contributed by atoms with E-state index >= 15 is 0 Å². The molecular weight excluding hydrogens is 223 g/mol. The van der Waals surface area contributed by atoms with Crippen molar-refractivity contribution >= 4 is 10.1 Å². The Kier molecular flexibility index (Phi) is 2.50. The maximum atomic E-state index is 12.0. The first-order valence-corrected chi connectivity index (χ1v) is 4.67. The summed E-state index contributed by atoms with van der Waals surface area (Å²) in [5.41, 5.74) is -1.37. The van der Waals surface area contributed by atoms with Crippen molar-refractivity contribution in [3.63, 3.8) is 0 Å². The second-order valence-electron chi connectivity index (χ2n) is 2.33. The first-order valence-electron chi connectivity index (χ1n) is 3.23. The van der Waals surface area contributed by atoms with Gasteiger partial charge in [-0.1, -0.05) is 6.07 Å². The fourth-order valence-corrected chi connectivity index (χ4v) is 1.18. The van der Waals surface area contributed by atoms with Crippen LogP contribution in [0.15, 0.2) is 23.2 Å². The van der Waals surface area contributed by atoms with Crippen LogP contribution in [0.5, 0.6) is 0 Å². The van der Waals surface area contributed by atoms with Gasteiger partial charge in [0.1, 0.15) is 5.69 Å². The van der Waals surface area contributed by atoms with Crippen LogP contribution in [0.4, 0.5) is 13.2 Å². The zero-order valence-electron chi connectivity index (χ0n) is 6.49. The molecule has 0 aliphatic carbocycles. The highest BCUT2D eigenvalue weighted by molar-refractivity contribution is 7.85. The van der Waals surface area contributed by atoms with E-state index in [1.807, 2.05) is 0 Å². The third-order valence-electron chi connectivity index (χ3n) is 1.28. The predicted molar refractivity (Wildman–Crippen MR) is 39.1 cm³/mol. The lowest BCUT2D eigenvalue weighted by atomic mass is 10.3. The van der Waals surface area contributed by atoms with Gasteiger partial charge in [0.15, 0.2) is 5.03 Å². The Morgan fingerprint density at radius 2 is 1.86 bits per heavy atom. The smallest absolute Gasteiger partial charge is 0.281 e. The number of rotatable bonds is 1. The molecule has 0 radical (unpaired) electrons. The zero-order chi connectivity index (χ0) is 11.0. The molecule has 0 aromatic carbocycles. The largest absolute Gasteiger partial charge is 0.433 e. The Balaban J connectivity index is 3.29. The van der Waals surface area contributed by atoms with Crippen LogP contribution < -0.4 is 0 Å². The second kappa shape index (κ2) is 3.21. The fourth-order valence-electron chi connectivity index (χ4n) is 0.716. The first kappa shape index (κ1) is 10.9. The molecule has 8 heteroatoms. The van der Waals surface area contributed by atoms with Crippen molar-refractivity contribution in [2.75, 3.05) is 0 Å². The van der Waals surface area contributed by atoms with Gasteiger partial charge in [0, 0.05) is 0 Å². The van der Waals surface area contributed by atoms with Crippen molar-refractivity contribution in [3.8, 4) is 0 Å². The van der Waals surface area contributed by atoms with E-state index in [0.717, 1.165) is 12.1 Å². The van der Waals surface area contributed by atoms with Gasteiger partial charge in [0.2, 0.25) is 0 Å². The van der Waals surface area contributed by atoms with E-state index in [9.17, 15) is 21.6 Å². The molecule has 1 aromatic heterocycles. The summed E-state index contributed by atoms with van der Waals surface area (Å²) in [6.07, 6.45) is -4.74. The predicted octanol–water partition coefficient (Wildman–Crippen LogP) is 1.35. The molecule has 0 fully saturated rings. The van der Waals surface area contributed by atoms with Crippen LogP contribution in [0.2, 0.25) is 0 Å². The summed E-state index contributed by atoms with van der Waals surface area (Å²) in [6.45, 7) is 0. The Morgan fingerprint density at radius 1 is 1.29 bits per heavy atom. The van der Waals surface area contributed by atoms with E-state index in [0.29, 0.717) is 6.07 Å². The molecule has 78 valence electrons. The van der Waals surface area contributed by atoms with Gasteiger partial charge in [-0.25, -0.2) is 4.98 Å². The lowest BCUT2D eigenvalue weighted by molar-refractivity contribution is -0.141. The molecule has 0 saturated carbocycles. The normalized spacial score (nSPS) is 12.9. The van der Waals surface area contributed by atoms with Crippen LogP contribution in [0.1, 0.15) is 5.69 Å². The first-order chi connectivity index (χ1) is 6.21. The van der Waals surface area contributed by atoms with E-state index in [1.54, 1.807) is 0 Å². The SMILES string of the molecule is O=S(=O)(O)c1cccc(C(F)(F)F)n1. The van der Waals surface area contributed by atoms with Crippen LogP contribution in [0.25, 0.3) is 0 Å². The number of hydrogen-bond acceptors (Lipinski definition) is 3. The van der Waals surface area contributed by atoms with Crippen LogP contribution in [-0.2, 0) is 16.3 Å². The highest BCUT2D eigenvalue weighted by atomic mass is 32.2. The van der Waals surface area contributed by atoms with Crippen molar-refractivity contribution in [1.82, 2.24) is 4.98 Å². The fraction of sp³-hybridized carbons (Fsp3) is 0.167. The maximum absolute atomic E-state index is 12.0. The van der Waals surface area contributed by atoms with Gasteiger partial charge in [0.05, 0.1) is 0 Å². The van der Waals surface area contributed by atoms with Gasteiger partial charge in [-0.05, 0) is 12.1 Å². The summed E-state index contributed by atoms with van der Waals surface area (Å²) >= 11 is 0. The summed E-state index contributed by atoms with van der Waals surface area (Å²) in [4.78, 5) is 2.75. The van der Waals surface area contributed by atoms with E-state index in [2.05, 4.69) is 4.98 Å². The summed E-state index contributed by atoms with van der Waals surface area (Å²) in [5, 5.41) is -1.02. The number of pyridine rings is 1. The quantitative estimate of drug-likeness (QED) is 0.735. The van der Waals surface area contributed by atoms with E-state index < -0.39 is 27.0 Å². The summed E-state index contributed by atoms with van der Waals surface area (Å²) in [5.74, 6) is 0. The van der Waals surface area contributed by atoms with Crippen molar-refractivity contribution in [2.24, 2.45) is 0 Å². The molecule has 1 N–H and O–H groups in total. The molecule has 1 aromatic rings. The Morgan fingerprint density at radius 3 is 2.29 bits per heavy atom. The minimum atomic E-state index is -4.74. The number of hydrogen-bond donors (Lipinski definition) is 1. The van der Waals surface area contributed by atoms with E-state index in [4.69, 9.17) is 4.55 Å². The van der Waals surface area contributed by atoms with E-state index in [1.165, 1.54) is 0 Å². The highest BCUT2D eigenvalue weighted by Crippen LogP contribution is 2.27. The molecule has 1 heterocycles. The van der Waals surface area contributed by atoms with Crippen molar-refractivity contribution in [1.29, 1.82) is 0 Å². The van der Waals surface area contributed by atoms with Crippen molar-refractivity contribution in [3.05, 3.63) is 23.9 Å². The third kappa shape index (κ3) is 2.42. The number of aromatic nitrogens is 1. The van der Waals surface area contributed by atoms with E-state index in [-0.39, 0.29) is 0 Å². The third-order valence-corrected chi connectivity index (χ3v) is 2.03. The number of halogens is 3. The highest BCUT2D eigenvalue weighted by Gasteiger charge is 2.33. The molecule has 0 atom stereocenters. The molecule has 0 aliphatic heterocycles. The number of nitrogens with zero attached hydrogens (tertiary/aromatic N) is 1. The monoisotopic (exact) mass is 227 g/mol. The summed E-state index contributed by atoms with van der Waals surface area (Å²) < 4.78 is 65.3.